The number of benzene rings is 2. The molecule has 3 aliphatic rings. The molecule has 3 aliphatic heterocycles. The highest BCUT2D eigenvalue weighted by atomic mass is 35.5. The van der Waals surface area contributed by atoms with Crippen molar-refractivity contribution in [2.75, 3.05) is 50.7 Å². The summed E-state index contributed by atoms with van der Waals surface area (Å²) in [5, 5.41) is 13.3. The summed E-state index contributed by atoms with van der Waals surface area (Å²) < 4.78 is 6.10. The molecular formula is C31H35ClN6O. The summed E-state index contributed by atoms with van der Waals surface area (Å²) in [7, 11) is 0. The Labute approximate surface area is 235 Å². The van der Waals surface area contributed by atoms with Gasteiger partial charge < -0.3 is 19.9 Å². The van der Waals surface area contributed by atoms with Crippen LogP contribution in [0.15, 0.2) is 54.7 Å². The summed E-state index contributed by atoms with van der Waals surface area (Å²) >= 11 is 6.26. The second-order valence-corrected chi connectivity index (χ2v) is 12.2. The number of hydrogen-bond acceptors (Lipinski definition) is 7. The molecule has 6 rings (SSSR count). The van der Waals surface area contributed by atoms with E-state index in [1.54, 1.807) is 6.07 Å². The van der Waals surface area contributed by atoms with E-state index in [1.807, 2.05) is 36.5 Å². The Balaban J connectivity index is 1.05. The SMILES string of the molecule is CC(C)(c1ccc(OCc2ccnc(N3CC4CN(CC5CNC5)CC4C3)n2)cc1)c1cc(Cl)cc(C#N)c1. The predicted octanol–water partition coefficient (Wildman–Crippen LogP) is 4.49. The Bertz CT molecular complexity index is 1350. The first-order valence-electron chi connectivity index (χ1n) is 13.8. The van der Waals surface area contributed by atoms with Gasteiger partial charge in [0.15, 0.2) is 0 Å². The fourth-order valence-corrected chi connectivity index (χ4v) is 6.40. The Kier molecular flexibility index (Phi) is 7.20. The number of halogens is 1. The van der Waals surface area contributed by atoms with Crippen molar-refractivity contribution < 1.29 is 4.74 Å². The van der Waals surface area contributed by atoms with Crippen LogP contribution in [0, 0.1) is 29.1 Å². The van der Waals surface area contributed by atoms with Gasteiger partial charge in [0.1, 0.15) is 12.4 Å². The first-order chi connectivity index (χ1) is 18.9. The molecule has 3 aromatic rings. The summed E-state index contributed by atoms with van der Waals surface area (Å²) in [5.41, 5.74) is 3.26. The van der Waals surface area contributed by atoms with E-state index in [2.05, 4.69) is 52.2 Å². The molecule has 7 nitrogen and oxygen atoms in total. The van der Waals surface area contributed by atoms with E-state index in [0.29, 0.717) is 29.0 Å². The molecule has 8 heteroatoms. The van der Waals surface area contributed by atoms with Gasteiger partial charge in [-0.3, -0.25) is 0 Å². The van der Waals surface area contributed by atoms with E-state index in [4.69, 9.17) is 21.3 Å². The number of ether oxygens (including phenoxy) is 1. The van der Waals surface area contributed by atoms with E-state index in [0.717, 1.165) is 47.5 Å². The lowest BCUT2D eigenvalue weighted by Gasteiger charge is -2.32. The molecule has 4 heterocycles. The topological polar surface area (TPSA) is 77.3 Å². The van der Waals surface area contributed by atoms with Crippen molar-refractivity contribution in [1.82, 2.24) is 20.2 Å². The normalized spacial score (nSPS) is 21.4. The zero-order chi connectivity index (χ0) is 27.0. The Morgan fingerprint density at radius 2 is 1.77 bits per heavy atom. The van der Waals surface area contributed by atoms with Crippen LogP contribution in [-0.4, -0.2) is 60.7 Å². The molecule has 1 aromatic heterocycles. The van der Waals surface area contributed by atoms with Crippen LogP contribution in [0.25, 0.3) is 0 Å². The van der Waals surface area contributed by atoms with Gasteiger partial charge in [0, 0.05) is 62.4 Å². The second kappa shape index (κ2) is 10.8. The molecule has 0 bridgehead atoms. The van der Waals surface area contributed by atoms with E-state index in [9.17, 15) is 5.26 Å². The number of rotatable bonds is 8. The average Bonchev–Trinajstić information content (AvgIpc) is 3.49. The van der Waals surface area contributed by atoms with E-state index in [1.165, 1.54) is 32.7 Å². The summed E-state index contributed by atoms with van der Waals surface area (Å²) in [6, 6.07) is 17.8. The Morgan fingerprint density at radius 1 is 1.03 bits per heavy atom. The third kappa shape index (κ3) is 5.60. The maximum atomic E-state index is 9.33. The van der Waals surface area contributed by atoms with Crippen LogP contribution in [0.5, 0.6) is 5.75 Å². The molecule has 0 radical (unpaired) electrons. The zero-order valence-corrected chi connectivity index (χ0v) is 23.4. The van der Waals surface area contributed by atoms with Crippen molar-refractivity contribution in [3.05, 3.63) is 82.1 Å². The van der Waals surface area contributed by atoms with Crippen LogP contribution >= 0.6 is 11.6 Å². The number of aromatic nitrogens is 2. The highest BCUT2D eigenvalue weighted by molar-refractivity contribution is 6.30. The maximum Gasteiger partial charge on any atom is 0.225 e. The highest BCUT2D eigenvalue weighted by Gasteiger charge is 2.41. The largest absolute Gasteiger partial charge is 0.487 e. The molecule has 0 saturated carbocycles. The van der Waals surface area contributed by atoms with Crippen LogP contribution < -0.4 is 15.0 Å². The molecule has 202 valence electrons. The van der Waals surface area contributed by atoms with Crippen molar-refractivity contribution in [1.29, 1.82) is 5.26 Å². The molecule has 2 aromatic carbocycles. The number of hydrogen-bond donors (Lipinski definition) is 1. The van der Waals surface area contributed by atoms with Crippen molar-refractivity contribution in [3.8, 4) is 11.8 Å². The van der Waals surface area contributed by atoms with Crippen molar-refractivity contribution in [3.63, 3.8) is 0 Å². The Hall–Kier alpha value is -3.18. The predicted molar refractivity (Wildman–Crippen MR) is 153 cm³/mol. The second-order valence-electron chi connectivity index (χ2n) is 11.8. The van der Waals surface area contributed by atoms with Gasteiger partial charge in [0.05, 0.1) is 17.3 Å². The monoisotopic (exact) mass is 542 g/mol. The fourth-order valence-electron chi connectivity index (χ4n) is 6.17. The molecule has 2 atom stereocenters. The maximum absolute atomic E-state index is 9.33. The van der Waals surface area contributed by atoms with Gasteiger partial charge in [0.2, 0.25) is 5.95 Å². The molecule has 2 unspecified atom stereocenters. The van der Waals surface area contributed by atoms with Crippen LogP contribution in [-0.2, 0) is 12.0 Å². The summed E-state index contributed by atoms with van der Waals surface area (Å²) in [6.45, 7) is 12.7. The van der Waals surface area contributed by atoms with Gasteiger partial charge in [-0.1, -0.05) is 37.6 Å². The minimum absolute atomic E-state index is 0.309. The molecule has 0 aliphatic carbocycles. The fraction of sp³-hybridized carbons (Fsp3) is 0.452. The smallest absolute Gasteiger partial charge is 0.225 e. The molecule has 0 spiro atoms. The van der Waals surface area contributed by atoms with E-state index >= 15 is 0 Å². The van der Waals surface area contributed by atoms with Crippen molar-refractivity contribution in [2.24, 2.45) is 17.8 Å². The van der Waals surface area contributed by atoms with Gasteiger partial charge in [-0.15, -0.1) is 0 Å². The third-order valence-corrected chi connectivity index (χ3v) is 8.86. The molecule has 1 N–H and O–H groups in total. The lowest BCUT2D eigenvalue weighted by atomic mass is 9.78. The van der Waals surface area contributed by atoms with Gasteiger partial charge in [-0.2, -0.15) is 5.26 Å². The van der Waals surface area contributed by atoms with Gasteiger partial charge in [-0.05, 0) is 65.3 Å². The van der Waals surface area contributed by atoms with E-state index in [-0.39, 0.29) is 5.41 Å². The number of nitriles is 1. The van der Waals surface area contributed by atoms with Crippen LogP contribution in [0.4, 0.5) is 5.95 Å². The van der Waals surface area contributed by atoms with Crippen LogP contribution in [0.3, 0.4) is 0 Å². The number of nitrogens with one attached hydrogen (secondary N) is 1. The quantitative estimate of drug-likeness (QED) is 0.449. The van der Waals surface area contributed by atoms with Gasteiger partial charge in [-0.25, -0.2) is 9.97 Å². The van der Waals surface area contributed by atoms with Crippen LogP contribution in [0.1, 0.15) is 36.2 Å². The minimum atomic E-state index is -0.309. The first-order valence-corrected chi connectivity index (χ1v) is 14.2. The number of fused-ring (bicyclic) bond motifs is 1. The van der Waals surface area contributed by atoms with E-state index < -0.39 is 0 Å². The summed E-state index contributed by atoms with van der Waals surface area (Å²) in [5.74, 6) is 3.86. The number of anilines is 1. The van der Waals surface area contributed by atoms with Gasteiger partial charge >= 0.3 is 0 Å². The third-order valence-electron chi connectivity index (χ3n) is 8.64. The highest BCUT2D eigenvalue weighted by Crippen LogP contribution is 2.35. The van der Waals surface area contributed by atoms with Crippen LogP contribution in [0.2, 0.25) is 5.02 Å². The Morgan fingerprint density at radius 3 is 2.44 bits per heavy atom. The average molecular weight is 543 g/mol. The molecule has 3 fully saturated rings. The standard InChI is InChI=1S/C31H35ClN6O/c1-31(2,26-9-21(12-33)10-27(32)11-26)25-3-5-29(6-4-25)39-20-28-7-8-35-30(36-28)38-18-23-16-37(17-24(23)19-38)15-22-13-34-14-22/h3-11,22-24,34H,13-20H2,1-2H3. The number of likely N-dealkylation sites (tertiary alicyclic amines) is 1. The summed E-state index contributed by atoms with van der Waals surface area (Å²) in [6.07, 6.45) is 1.84. The van der Waals surface area contributed by atoms with Crippen molar-refractivity contribution in [2.45, 2.75) is 25.9 Å². The molecule has 39 heavy (non-hydrogen) atoms. The van der Waals surface area contributed by atoms with Crippen molar-refractivity contribution >= 4 is 17.5 Å². The molecule has 3 saturated heterocycles. The first kappa shape index (κ1) is 26.1. The molecule has 0 amide bonds. The lowest BCUT2D eigenvalue weighted by molar-refractivity contribution is 0.215. The summed E-state index contributed by atoms with van der Waals surface area (Å²) in [4.78, 5) is 14.4. The number of nitrogens with zero attached hydrogens (tertiary/aromatic N) is 5. The molecular weight excluding hydrogens is 508 g/mol. The minimum Gasteiger partial charge on any atom is -0.487 e. The zero-order valence-electron chi connectivity index (χ0n) is 22.6. The lowest BCUT2D eigenvalue weighted by Crippen LogP contribution is -2.48. The van der Waals surface area contributed by atoms with Gasteiger partial charge in [0.25, 0.3) is 0 Å².